The van der Waals surface area contributed by atoms with Gasteiger partial charge in [-0.15, -0.1) is 0 Å². The van der Waals surface area contributed by atoms with Crippen molar-refractivity contribution >= 4 is 11.9 Å². The molecule has 1 fully saturated rings. The van der Waals surface area contributed by atoms with Gasteiger partial charge in [-0.2, -0.15) is 5.10 Å². The van der Waals surface area contributed by atoms with E-state index >= 15 is 0 Å². The second-order valence-electron chi connectivity index (χ2n) is 7.72. The van der Waals surface area contributed by atoms with E-state index in [-0.39, 0.29) is 18.0 Å². The molecule has 2 heterocycles. The molecule has 0 bridgehead atoms. The third-order valence-corrected chi connectivity index (χ3v) is 5.58. The van der Waals surface area contributed by atoms with E-state index in [1.165, 1.54) is 0 Å². The summed E-state index contributed by atoms with van der Waals surface area (Å²) in [5.41, 5.74) is 2.59. The Bertz CT molecular complexity index is 849. The molecule has 1 saturated heterocycles. The molecule has 3 atom stereocenters. The third-order valence-electron chi connectivity index (χ3n) is 5.58. The lowest BCUT2D eigenvalue weighted by Crippen LogP contribution is -2.51. The van der Waals surface area contributed by atoms with Gasteiger partial charge in [-0.05, 0) is 66.0 Å². The molecule has 0 radical (unpaired) electrons. The number of amides is 1. The minimum Gasteiger partial charge on any atom is -0.449 e. The van der Waals surface area contributed by atoms with E-state index in [1.54, 1.807) is 18.5 Å². The van der Waals surface area contributed by atoms with Crippen molar-refractivity contribution in [2.45, 2.75) is 72.1 Å². The van der Waals surface area contributed by atoms with Crippen molar-refractivity contribution in [3.05, 3.63) is 47.3 Å². The van der Waals surface area contributed by atoms with Crippen LogP contribution in [-0.4, -0.2) is 44.7 Å². The number of aromatic nitrogens is 2. The van der Waals surface area contributed by atoms with Gasteiger partial charge in [0.1, 0.15) is 5.56 Å². The zero-order valence-corrected chi connectivity index (χ0v) is 17.3. The molecule has 1 aromatic heterocycles. The Hall–Kier alpha value is -2.63. The van der Waals surface area contributed by atoms with Crippen molar-refractivity contribution in [2.24, 2.45) is 0 Å². The van der Waals surface area contributed by atoms with Crippen LogP contribution in [0.5, 0.6) is 0 Å². The molecule has 1 aromatic carbocycles. The highest BCUT2D eigenvalue weighted by Gasteiger charge is 2.34. The highest BCUT2D eigenvalue weighted by Crippen LogP contribution is 2.25. The number of aryl methyl sites for hydroxylation is 1. The van der Waals surface area contributed by atoms with Crippen molar-refractivity contribution in [1.82, 2.24) is 14.7 Å². The summed E-state index contributed by atoms with van der Waals surface area (Å²) in [6, 6.07) is 9.97. The predicted octanol–water partition coefficient (Wildman–Crippen LogP) is 3.82. The molecule has 0 spiro atoms. The van der Waals surface area contributed by atoms with Crippen molar-refractivity contribution < 1.29 is 14.3 Å². The molecular formula is C22H29N3O3. The van der Waals surface area contributed by atoms with E-state index in [9.17, 15) is 9.59 Å². The van der Waals surface area contributed by atoms with Crippen LogP contribution >= 0.6 is 0 Å². The second kappa shape index (κ2) is 8.17. The lowest BCUT2D eigenvalue weighted by molar-refractivity contribution is -0.146. The van der Waals surface area contributed by atoms with Gasteiger partial charge in [0.2, 0.25) is 0 Å². The summed E-state index contributed by atoms with van der Waals surface area (Å²) >= 11 is 0. The Balaban J connectivity index is 1.78. The zero-order valence-electron chi connectivity index (χ0n) is 17.3. The minimum atomic E-state index is -0.825. The maximum absolute atomic E-state index is 12.9. The van der Waals surface area contributed by atoms with Crippen molar-refractivity contribution in [2.75, 3.05) is 0 Å². The molecule has 0 saturated carbocycles. The number of esters is 1. The van der Waals surface area contributed by atoms with Crippen LogP contribution < -0.4 is 0 Å². The van der Waals surface area contributed by atoms with E-state index in [1.807, 2.05) is 42.2 Å². The average molecular weight is 383 g/mol. The molecule has 150 valence electrons. The first-order chi connectivity index (χ1) is 13.3. The second-order valence-corrected chi connectivity index (χ2v) is 7.72. The largest absolute Gasteiger partial charge is 0.449 e. The van der Waals surface area contributed by atoms with Crippen LogP contribution in [0.2, 0.25) is 0 Å². The van der Waals surface area contributed by atoms with Gasteiger partial charge in [0.15, 0.2) is 6.10 Å². The number of carbonyl (C=O) groups is 2. The quantitative estimate of drug-likeness (QED) is 0.753. The SMILES string of the molecule is Cc1nn(-c2ccccc2)c(C)c1C(=O)O[C@H](C)C(=O)N1[C@@H](C)CCC[C@@H]1C. The van der Waals surface area contributed by atoms with Crippen LogP contribution in [0.25, 0.3) is 5.69 Å². The van der Waals surface area contributed by atoms with Crippen LogP contribution in [0, 0.1) is 13.8 Å². The number of ether oxygens (including phenoxy) is 1. The lowest BCUT2D eigenvalue weighted by Gasteiger charge is -2.40. The highest BCUT2D eigenvalue weighted by atomic mass is 16.5. The molecule has 0 unspecified atom stereocenters. The Morgan fingerprint density at radius 3 is 2.32 bits per heavy atom. The van der Waals surface area contributed by atoms with Crippen LogP contribution in [0.1, 0.15) is 61.8 Å². The summed E-state index contributed by atoms with van der Waals surface area (Å²) in [4.78, 5) is 27.6. The highest BCUT2D eigenvalue weighted by molar-refractivity contribution is 5.94. The smallest absolute Gasteiger partial charge is 0.342 e. The Morgan fingerprint density at radius 1 is 1.11 bits per heavy atom. The van der Waals surface area contributed by atoms with Gasteiger partial charge in [0.05, 0.1) is 17.1 Å². The zero-order chi connectivity index (χ0) is 20.4. The molecule has 2 aromatic rings. The number of rotatable bonds is 4. The fourth-order valence-corrected chi connectivity index (χ4v) is 4.09. The molecular weight excluding hydrogens is 354 g/mol. The number of hydrogen-bond acceptors (Lipinski definition) is 4. The Morgan fingerprint density at radius 2 is 1.71 bits per heavy atom. The predicted molar refractivity (Wildman–Crippen MR) is 108 cm³/mol. The van der Waals surface area contributed by atoms with Gasteiger partial charge >= 0.3 is 5.97 Å². The Kier molecular flexibility index (Phi) is 5.87. The number of piperidine rings is 1. The number of nitrogens with zero attached hydrogens (tertiary/aromatic N) is 3. The van der Waals surface area contributed by atoms with Gasteiger partial charge in [-0.25, -0.2) is 9.48 Å². The topological polar surface area (TPSA) is 64.4 Å². The van der Waals surface area contributed by atoms with Crippen LogP contribution in [0.3, 0.4) is 0 Å². The number of benzene rings is 1. The van der Waals surface area contributed by atoms with Crippen molar-refractivity contribution in [1.29, 1.82) is 0 Å². The van der Waals surface area contributed by atoms with Gasteiger partial charge in [-0.3, -0.25) is 4.79 Å². The lowest BCUT2D eigenvalue weighted by atomic mass is 9.97. The van der Waals surface area contributed by atoms with E-state index in [0.717, 1.165) is 24.9 Å². The average Bonchev–Trinajstić information content (AvgIpc) is 2.96. The summed E-state index contributed by atoms with van der Waals surface area (Å²) in [6.45, 7) is 9.39. The van der Waals surface area contributed by atoms with Crippen molar-refractivity contribution in [3.63, 3.8) is 0 Å². The summed E-state index contributed by atoms with van der Waals surface area (Å²) in [6.07, 6.45) is 2.27. The normalized spacial score (nSPS) is 20.7. The number of para-hydroxylation sites is 1. The molecule has 6 heteroatoms. The molecule has 0 aliphatic carbocycles. The summed E-state index contributed by atoms with van der Waals surface area (Å²) < 4.78 is 7.30. The fourth-order valence-electron chi connectivity index (χ4n) is 4.09. The number of likely N-dealkylation sites (tertiary alicyclic amines) is 1. The molecule has 6 nitrogen and oxygen atoms in total. The molecule has 1 aliphatic rings. The third kappa shape index (κ3) is 3.81. The van der Waals surface area contributed by atoms with E-state index in [0.29, 0.717) is 17.0 Å². The number of hydrogen-bond donors (Lipinski definition) is 0. The van der Waals surface area contributed by atoms with Gasteiger partial charge in [0.25, 0.3) is 5.91 Å². The van der Waals surface area contributed by atoms with Gasteiger partial charge < -0.3 is 9.64 Å². The molecule has 3 rings (SSSR count). The standard InChI is InChI=1S/C22H29N3O3/c1-14-10-9-11-15(2)24(14)21(26)18(5)28-22(27)20-16(3)23-25(17(20)4)19-12-7-6-8-13-19/h6-8,12-15,18H,9-11H2,1-5H3/t14-,15-,18+/m0/s1. The first-order valence-electron chi connectivity index (χ1n) is 9.96. The first-order valence-corrected chi connectivity index (χ1v) is 9.96. The van der Waals surface area contributed by atoms with Gasteiger partial charge in [0, 0.05) is 12.1 Å². The van der Waals surface area contributed by atoms with Crippen LogP contribution in [0.15, 0.2) is 30.3 Å². The summed E-state index contributed by atoms with van der Waals surface area (Å²) in [7, 11) is 0. The Labute approximate surface area is 166 Å². The molecule has 1 amide bonds. The van der Waals surface area contributed by atoms with E-state index in [4.69, 9.17) is 4.74 Å². The fraction of sp³-hybridized carbons (Fsp3) is 0.500. The van der Waals surface area contributed by atoms with Crippen LogP contribution in [0.4, 0.5) is 0 Å². The molecule has 0 N–H and O–H groups in total. The van der Waals surface area contributed by atoms with E-state index in [2.05, 4.69) is 18.9 Å². The molecule has 1 aliphatic heterocycles. The summed E-state index contributed by atoms with van der Waals surface area (Å²) in [5, 5.41) is 4.49. The number of carbonyl (C=O) groups excluding carboxylic acids is 2. The maximum atomic E-state index is 12.9. The van der Waals surface area contributed by atoms with Gasteiger partial charge in [-0.1, -0.05) is 18.2 Å². The molecule has 28 heavy (non-hydrogen) atoms. The maximum Gasteiger partial charge on any atom is 0.342 e. The van der Waals surface area contributed by atoms with E-state index < -0.39 is 12.1 Å². The van der Waals surface area contributed by atoms with Crippen LogP contribution in [-0.2, 0) is 9.53 Å². The van der Waals surface area contributed by atoms with Crippen molar-refractivity contribution in [3.8, 4) is 5.69 Å². The minimum absolute atomic E-state index is 0.126. The first kappa shape index (κ1) is 20.1. The summed E-state index contributed by atoms with van der Waals surface area (Å²) in [5.74, 6) is -0.630. The monoisotopic (exact) mass is 383 g/mol.